The zero-order valence-corrected chi connectivity index (χ0v) is 5.98. The summed E-state index contributed by atoms with van der Waals surface area (Å²) in [5, 5.41) is -0.947. The molecule has 0 saturated heterocycles. The Balaban J connectivity index is 2.89. The minimum absolute atomic E-state index is 0.258. The van der Waals surface area contributed by atoms with Crippen molar-refractivity contribution in [3.05, 3.63) is 23.9 Å². The van der Waals surface area contributed by atoms with E-state index in [1.165, 1.54) is 18.2 Å². The van der Waals surface area contributed by atoms with Gasteiger partial charge in [0.25, 0.3) is 0 Å². The summed E-state index contributed by atoms with van der Waals surface area (Å²) in [4.78, 5) is 0. The molecule has 1 aliphatic carbocycles. The van der Waals surface area contributed by atoms with Crippen LogP contribution in [0.4, 0.5) is 4.39 Å². The molecule has 0 aromatic rings. The molecule has 0 amide bonds. The van der Waals surface area contributed by atoms with E-state index in [4.69, 9.17) is 23.1 Å². The second kappa shape index (κ2) is 2.25. The standard InChI is InChI=1S/C6H8ClFN2/c7-5-4(9)2-1-3-6(5,8)10/h1-3,5H,9-10H2. The quantitative estimate of drug-likeness (QED) is 0.406. The fourth-order valence-corrected chi connectivity index (χ4v) is 0.877. The van der Waals surface area contributed by atoms with Crippen LogP contribution in [0.5, 0.6) is 0 Å². The third-order valence-corrected chi connectivity index (χ3v) is 1.91. The molecule has 1 aliphatic rings. The summed E-state index contributed by atoms with van der Waals surface area (Å²) in [6.45, 7) is 0. The summed E-state index contributed by atoms with van der Waals surface area (Å²) >= 11 is 5.51. The van der Waals surface area contributed by atoms with Crippen LogP contribution in [-0.2, 0) is 0 Å². The number of allylic oxidation sites excluding steroid dienone is 2. The van der Waals surface area contributed by atoms with Crippen LogP contribution in [0.2, 0.25) is 0 Å². The molecule has 0 fully saturated rings. The van der Waals surface area contributed by atoms with Gasteiger partial charge >= 0.3 is 0 Å². The maximum absolute atomic E-state index is 13.0. The highest BCUT2D eigenvalue weighted by atomic mass is 35.5. The first-order valence-corrected chi connectivity index (χ1v) is 3.24. The van der Waals surface area contributed by atoms with Gasteiger partial charge in [0, 0.05) is 5.70 Å². The molecule has 0 aromatic carbocycles. The van der Waals surface area contributed by atoms with E-state index in [2.05, 4.69) is 0 Å². The molecule has 1 rings (SSSR count). The van der Waals surface area contributed by atoms with Gasteiger partial charge in [-0.25, -0.2) is 4.39 Å². The molecule has 0 spiro atoms. The van der Waals surface area contributed by atoms with Gasteiger partial charge < -0.3 is 5.73 Å². The van der Waals surface area contributed by atoms with Crippen molar-refractivity contribution in [1.82, 2.24) is 0 Å². The first-order valence-electron chi connectivity index (χ1n) is 2.81. The first-order chi connectivity index (χ1) is 4.54. The van der Waals surface area contributed by atoms with Crippen molar-refractivity contribution in [2.24, 2.45) is 11.5 Å². The minimum atomic E-state index is -2.00. The van der Waals surface area contributed by atoms with Crippen LogP contribution in [0.15, 0.2) is 23.9 Å². The van der Waals surface area contributed by atoms with E-state index in [0.29, 0.717) is 0 Å². The average molecular weight is 163 g/mol. The van der Waals surface area contributed by atoms with Crippen LogP contribution in [-0.4, -0.2) is 11.2 Å². The molecule has 0 aromatic heterocycles. The Kier molecular flexibility index (Phi) is 1.70. The van der Waals surface area contributed by atoms with Gasteiger partial charge in [0.05, 0.1) is 0 Å². The van der Waals surface area contributed by atoms with Gasteiger partial charge in [-0.3, -0.25) is 5.73 Å². The van der Waals surface area contributed by atoms with Crippen molar-refractivity contribution in [3.8, 4) is 0 Å². The van der Waals surface area contributed by atoms with Crippen LogP contribution in [0.25, 0.3) is 0 Å². The van der Waals surface area contributed by atoms with Gasteiger partial charge in [-0.05, 0) is 12.2 Å². The zero-order chi connectivity index (χ0) is 7.78. The topological polar surface area (TPSA) is 52.0 Å². The van der Waals surface area contributed by atoms with Gasteiger partial charge in [-0.15, -0.1) is 11.6 Å². The van der Waals surface area contributed by atoms with Crippen molar-refractivity contribution < 1.29 is 4.39 Å². The van der Waals surface area contributed by atoms with Crippen LogP contribution in [0, 0.1) is 0 Å². The second-order valence-electron chi connectivity index (χ2n) is 2.22. The molecule has 2 nitrogen and oxygen atoms in total. The Bertz CT molecular complexity index is 198. The summed E-state index contributed by atoms with van der Waals surface area (Å²) in [5.74, 6) is -2.00. The number of alkyl halides is 2. The van der Waals surface area contributed by atoms with Gasteiger partial charge in [0.15, 0.2) is 5.79 Å². The fraction of sp³-hybridized carbons (Fsp3) is 0.333. The van der Waals surface area contributed by atoms with Crippen molar-refractivity contribution in [2.45, 2.75) is 11.2 Å². The normalized spacial score (nSPS) is 39.5. The van der Waals surface area contributed by atoms with Gasteiger partial charge in [-0.2, -0.15) is 0 Å². The Morgan fingerprint density at radius 2 is 2.30 bits per heavy atom. The van der Waals surface area contributed by atoms with E-state index in [-0.39, 0.29) is 5.70 Å². The Morgan fingerprint density at radius 1 is 1.70 bits per heavy atom. The fourth-order valence-electron chi connectivity index (χ4n) is 0.731. The summed E-state index contributed by atoms with van der Waals surface area (Å²) in [6.07, 6.45) is 4.16. The lowest BCUT2D eigenvalue weighted by molar-refractivity contribution is 0.240. The monoisotopic (exact) mass is 162 g/mol. The Labute approximate surface area is 63.3 Å². The predicted octanol–water partition coefficient (Wildman–Crippen LogP) is 0.631. The van der Waals surface area contributed by atoms with Crippen LogP contribution < -0.4 is 11.5 Å². The van der Waals surface area contributed by atoms with Crippen molar-refractivity contribution in [1.29, 1.82) is 0 Å². The van der Waals surface area contributed by atoms with Crippen molar-refractivity contribution in [3.63, 3.8) is 0 Å². The number of hydrogen-bond donors (Lipinski definition) is 2. The van der Waals surface area contributed by atoms with E-state index in [0.717, 1.165) is 0 Å². The highest BCUT2D eigenvalue weighted by Crippen LogP contribution is 2.24. The number of hydrogen-bond acceptors (Lipinski definition) is 2. The van der Waals surface area contributed by atoms with E-state index >= 15 is 0 Å². The molecule has 0 heterocycles. The zero-order valence-electron chi connectivity index (χ0n) is 5.22. The van der Waals surface area contributed by atoms with Gasteiger partial charge in [0.2, 0.25) is 0 Å². The molecule has 0 bridgehead atoms. The third kappa shape index (κ3) is 1.15. The van der Waals surface area contributed by atoms with Gasteiger partial charge in [-0.1, -0.05) is 6.08 Å². The maximum atomic E-state index is 13.0. The molecule has 56 valence electrons. The summed E-state index contributed by atoms with van der Waals surface area (Å²) in [7, 11) is 0. The molecule has 0 saturated carbocycles. The summed E-state index contributed by atoms with van der Waals surface area (Å²) in [6, 6.07) is 0. The molecule has 4 N–H and O–H groups in total. The van der Waals surface area contributed by atoms with E-state index in [9.17, 15) is 4.39 Å². The maximum Gasteiger partial charge on any atom is 0.200 e. The molecule has 4 heteroatoms. The van der Waals surface area contributed by atoms with Crippen molar-refractivity contribution >= 4 is 11.6 Å². The predicted molar refractivity (Wildman–Crippen MR) is 39.1 cm³/mol. The Hall–Kier alpha value is -0.540. The smallest absolute Gasteiger partial charge is 0.200 e. The van der Waals surface area contributed by atoms with E-state index in [1.54, 1.807) is 0 Å². The third-order valence-electron chi connectivity index (χ3n) is 1.32. The SMILES string of the molecule is NC1=CC=CC(N)(F)C1Cl. The lowest BCUT2D eigenvalue weighted by Crippen LogP contribution is -2.45. The van der Waals surface area contributed by atoms with E-state index in [1.807, 2.05) is 0 Å². The molecular formula is C6H8ClFN2. The number of halogens is 2. The number of nitrogens with two attached hydrogens (primary N) is 2. The summed E-state index contributed by atoms with van der Waals surface area (Å²) in [5.41, 5.74) is 10.7. The lowest BCUT2D eigenvalue weighted by atomic mass is 10.0. The Morgan fingerprint density at radius 3 is 2.70 bits per heavy atom. The molecule has 2 unspecified atom stereocenters. The molecule has 0 aliphatic heterocycles. The average Bonchev–Trinajstić information content (AvgIpc) is 1.83. The van der Waals surface area contributed by atoms with Crippen LogP contribution >= 0.6 is 11.6 Å². The molecule has 0 radical (unpaired) electrons. The van der Waals surface area contributed by atoms with Crippen molar-refractivity contribution in [2.75, 3.05) is 0 Å². The molecular weight excluding hydrogens is 155 g/mol. The molecule has 2 atom stereocenters. The lowest BCUT2D eigenvalue weighted by Gasteiger charge is -2.24. The van der Waals surface area contributed by atoms with Gasteiger partial charge in [0.1, 0.15) is 5.38 Å². The van der Waals surface area contributed by atoms with Crippen LogP contribution in [0.1, 0.15) is 0 Å². The highest BCUT2D eigenvalue weighted by Gasteiger charge is 2.34. The number of rotatable bonds is 0. The second-order valence-corrected chi connectivity index (χ2v) is 2.65. The largest absolute Gasteiger partial charge is 0.401 e. The van der Waals surface area contributed by atoms with E-state index < -0.39 is 11.2 Å². The first kappa shape index (κ1) is 7.57. The minimum Gasteiger partial charge on any atom is -0.401 e. The summed E-state index contributed by atoms with van der Waals surface area (Å²) < 4.78 is 13.0. The molecule has 10 heavy (non-hydrogen) atoms. The van der Waals surface area contributed by atoms with Crippen LogP contribution in [0.3, 0.4) is 0 Å². The highest BCUT2D eigenvalue weighted by molar-refractivity contribution is 6.23.